The Balaban J connectivity index is 1.64. The maximum Gasteiger partial charge on any atom is 0.262 e. The SMILES string of the molecule is CCC(C)c1ccccc1OCC(=O)Nc1ccccc1N1CCOCC1. The van der Waals surface area contributed by atoms with Gasteiger partial charge in [-0.1, -0.05) is 44.2 Å². The van der Waals surface area contributed by atoms with Crippen LogP contribution in [-0.4, -0.2) is 38.8 Å². The lowest BCUT2D eigenvalue weighted by atomic mass is 9.98. The molecule has 1 aliphatic rings. The van der Waals surface area contributed by atoms with E-state index in [1.54, 1.807) is 0 Å². The molecule has 0 bridgehead atoms. The molecular weight excluding hydrogens is 340 g/mol. The number of hydrogen-bond donors (Lipinski definition) is 1. The third kappa shape index (κ3) is 5.01. The molecule has 1 atom stereocenters. The summed E-state index contributed by atoms with van der Waals surface area (Å²) in [5.41, 5.74) is 2.97. The quantitative estimate of drug-likeness (QED) is 0.801. The second-order valence-corrected chi connectivity index (χ2v) is 6.80. The highest BCUT2D eigenvalue weighted by Gasteiger charge is 2.16. The predicted molar refractivity (Wildman–Crippen MR) is 109 cm³/mol. The topological polar surface area (TPSA) is 50.8 Å². The van der Waals surface area contributed by atoms with Crippen molar-refractivity contribution in [3.8, 4) is 5.75 Å². The van der Waals surface area contributed by atoms with Gasteiger partial charge >= 0.3 is 0 Å². The van der Waals surface area contributed by atoms with Crippen molar-refractivity contribution in [1.82, 2.24) is 0 Å². The number of morpholine rings is 1. The zero-order chi connectivity index (χ0) is 19.1. The van der Waals surface area contributed by atoms with Crippen LogP contribution in [0.1, 0.15) is 31.7 Å². The van der Waals surface area contributed by atoms with Gasteiger partial charge in [0, 0.05) is 13.1 Å². The molecule has 5 nitrogen and oxygen atoms in total. The fourth-order valence-corrected chi connectivity index (χ4v) is 3.23. The summed E-state index contributed by atoms with van der Waals surface area (Å²) in [5, 5.41) is 2.99. The molecule has 5 heteroatoms. The lowest BCUT2D eigenvalue weighted by Gasteiger charge is -2.30. The first kappa shape index (κ1) is 19.2. The minimum absolute atomic E-state index is 0.00903. The van der Waals surface area contributed by atoms with E-state index < -0.39 is 0 Å². The molecule has 1 saturated heterocycles. The van der Waals surface area contributed by atoms with E-state index in [4.69, 9.17) is 9.47 Å². The largest absolute Gasteiger partial charge is 0.483 e. The first-order chi connectivity index (χ1) is 13.2. The molecule has 0 saturated carbocycles. The van der Waals surface area contributed by atoms with Crippen molar-refractivity contribution in [3.63, 3.8) is 0 Å². The summed E-state index contributed by atoms with van der Waals surface area (Å²) in [4.78, 5) is 14.7. The lowest BCUT2D eigenvalue weighted by Crippen LogP contribution is -2.37. The summed E-state index contributed by atoms with van der Waals surface area (Å²) in [5.74, 6) is 1.02. The van der Waals surface area contributed by atoms with Gasteiger partial charge in [0.2, 0.25) is 0 Å². The van der Waals surface area contributed by atoms with Crippen molar-refractivity contribution >= 4 is 17.3 Å². The summed E-state index contributed by atoms with van der Waals surface area (Å²) in [6.07, 6.45) is 1.03. The summed E-state index contributed by atoms with van der Waals surface area (Å²) in [7, 11) is 0. The number of amides is 1. The van der Waals surface area contributed by atoms with E-state index in [2.05, 4.69) is 30.1 Å². The molecule has 3 rings (SSSR count). The molecule has 1 amide bonds. The van der Waals surface area contributed by atoms with Crippen molar-refractivity contribution in [3.05, 3.63) is 54.1 Å². The smallest absolute Gasteiger partial charge is 0.262 e. The Kier molecular flexibility index (Phi) is 6.71. The molecule has 1 unspecified atom stereocenters. The van der Waals surface area contributed by atoms with E-state index in [9.17, 15) is 4.79 Å². The van der Waals surface area contributed by atoms with E-state index in [1.807, 2.05) is 42.5 Å². The van der Waals surface area contributed by atoms with E-state index in [0.29, 0.717) is 19.1 Å². The standard InChI is InChI=1S/C22H28N2O3/c1-3-17(2)18-8-4-7-11-21(18)27-16-22(25)23-19-9-5-6-10-20(19)24-12-14-26-15-13-24/h4-11,17H,3,12-16H2,1-2H3,(H,23,25). The Bertz CT molecular complexity index is 757. The average Bonchev–Trinajstić information content (AvgIpc) is 2.73. The van der Waals surface area contributed by atoms with Gasteiger partial charge in [0.1, 0.15) is 5.75 Å². The van der Waals surface area contributed by atoms with Crippen LogP contribution in [0.2, 0.25) is 0 Å². The molecule has 2 aromatic rings. The summed E-state index contributed by atoms with van der Waals surface area (Å²) in [6, 6.07) is 15.8. The fourth-order valence-electron chi connectivity index (χ4n) is 3.23. The van der Waals surface area contributed by atoms with Crippen LogP contribution >= 0.6 is 0 Å². The number of nitrogens with zero attached hydrogens (tertiary/aromatic N) is 1. The maximum absolute atomic E-state index is 12.5. The zero-order valence-corrected chi connectivity index (χ0v) is 16.1. The summed E-state index contributed by atoms with van der Waals surface area (Å²) in [6.45, 7) is 7.37. The highest BCUT2D eigenvalue weighted by atomic mass is 16.5. The minimum atomic E-state index is -0.158. The minimum Gasteiger partial charge on any atom is -0.483 e. The van der Waals surface area contributed by atoms with Gasteiger partial charge in [-0.25, -0.2) is 0 Å². The van der Waals surface area contributed by atoms with E-state index in [-0.39, 0.29) is 12.5 Å². The zero-order valence-electron chi connectivity index (χ0n) is 16.1. The highest BCUT2D eigenvalue weighted by Crippen LogP contribution is 2.29. The van der Waals surface area contributed by atoms with Gasteiger partial charge in [-0.2, -0.15) is 0 Å². The highest BCUT2D eigenvalue weighted by molar-refractivity contribution is 5.95. The Morgan fingerprint density at radius 2 is 1.85 bits per heavy atom. The Morgan fingerprint density at radius 1 is 1.15 bits per heavy atom. The molecule has 2 aromatic carbocycles. The Hall–Kier alpha value is -2.53. The van der Waals surface area contributed by atoms with Crippen molar-refractivity contribution in [2.75, 3.05) is 43.1 Å². The number of carbonyl (C=O) groups is 1. The van der Waals surface area contributed by atoms with E-state index in [0.717, 1.165) is 42.2 Å². The van der Waals surface area contributed by atoms with Gasteiger partial charge in [-0.05, 0) is 36.1 Å². The molecule has 0 spiro atoms. The number of para-hydroxylation sites is 3. The monoisotopic (exact) mass is 368 g/mol. The molecule has 1 aliphatic heterocycles. The summed E-state index contributed by atoms with van der Waals surface area (Å²) < 4.78 is 11.3. The lowest BCUT2D eigenvalue weighted by molar-refractivity contribution is -0.118. The van der Waals surface area contributed by atoms with Gasteiger partial charge < -0.3 is 19.7 Å². The molecule has 144 valence electrons. The van der Waals surface area contributed by atoms with E-state index in [1.165, 1.54) is 0 Å². The van der Waals surface area contributed by atoms with Crippen molar-refractivity contribution in [1.29, 1.82) is 0 Å². The van der Waals surface area contributed by atoms with Gasteiger partial charge in [0.25, 0.3) is 5.91 Å². The van der Waals surface area contributed by atoms with Crippen LogP contribution in [0.4, 0.5) is 11.4 Å². The molecule has 1 heterocycles. The van der Waals surface area contributed by atoms with Gasteiger partial charge in [-0.15, -0.1) is 0 Å². The normalized spacial score (nSPS) is 15.3. The maximum atomic E-state index is 12.5. The average molecular weight is 368 g/mol. The first-order valence-corrected chi connectivity index (χ1v) is 9.62. The van der Waals surface area contributed by atoms with Crippen molar-refractivity contribution in [2.24, 2.45) is 0 Å². The van der Waals surface area contributed by atoms with Gasteiger partial charge in [-0.3, -0.25) is 4.79 Å². The number of anilines is 2. The second kappa shape index (κ2) is 9.42. The molecule has 1 N–H and O–H groups in total. The Labute approximate surface area is 161 Å². The number of carbonyl (C=O) groups excluding carboxylic acids is 1. The van der Waals surface area contributed by atoms with Crippen molar-refractivity contribution in [2.45, 2.75) is 26.2 Å². The first-order valence-electron chi connectivity index (χ1n) is 9.62. The number of nitrogens with one attached hydrogen (secondary N) is 1. The van der Waals surface area contributed by atoms with Gasteiger partial charge in [0.15, 0.2) is 6.61 Å². The molecule has 0 aliphatic carbocycles. The van der Waals surface area contributed by atoms with Crippen LogP contribution in [0.15, 0.2) is 48.5 Å². The predicted octanol–water partition coefficient (Wildman–Crippen LogP) is 4.05. The van der Waals surface area contributed by atoms with E-state index >= 15 is 0 Å². The number of rotatable bonds is 7. The summed E-state index contributed by atoms with van der Waals surface area (Å²) >= 11 is 0. The number of hydrogen-bond acceptors (Lipinski definition) is 4. The van der Waals surface area contributed by atoms with Gasteiger partial charge in [0.05, 0.1) is 24.6 Å². The third-order valence-electron chi connectivity index (χ3n) is 4.95. The number of benzene rings is 2. The van der Waals surface area contributed by atoms with Crippen LogP contribution in [0.5, 0.6) is 5.75 Å². The molecular formula is C22H28N2O3. The second-order valence-electron chi connectivity index (χ2n) is 6.80. The van der Waals surface area contributed by atoms with Crippen LogP contribution < -0.4 is 15.0 Å². The van der Waals surface area contributed by atoms with Crippen LogP contribution in [0.25, 0.3) is 0 Å². The molecule has 1 fully saturated rings. The molecule has 0 aromatic heterocycles. The molecule has 0 radical (unpaired) electrons. The Morgan fingerprint density at radius 3 is 2.63 bits per heavy atom. The third-order valence-corrected chi connectivity index (χ3v) is 4.95. The number of ether oxygens (including phenoxy) is 2. The van der Waals surface area contributed by atoms with Crippen molar-refractivity contribution < 1.29 is 14.3 Å². The van der Waals surface area contributed by atoms with Crippen LogP contribution in [0, 0.1) is 0 Å². The van der Waals surface area contributed by atoms with Crippen LogP contribution in [0.3, 0.4) is 0 Å². The van der Waals surface area contributed by atoms with Crippen LogP contribution in [-0.2, 0) is 9.53 Å². The molecule has 27 heavy (non-hydrogen) atoms. The fraction of sp³-hybridized carbons (Fsp3) is 0.409.